The van der Waals surface area contributed by atoms with E-state index in [0.29, 0.717) is 5.22 Å². The van der Waals surface area contributed by atoms with Crippen molar-refractivity contribution in [1.82, 2.24) is 15.0 Å². The minimum absolute atomic E-state index is 0.631. The second-order valence-electron chi connectivity index (χ2n) is 3.54. The van der Waals surface area contributed by atoms with Crippen LogP contribution in [0.5, 0.6) is 0 Å². The molecule has 3 aromatic rings. The maximum Gasteiger partial charge on any atom is 0.262 e. The normalized spacial score (nSPS) is 11.2. The van der Waals surface area contributed by atoms with Crippen molar-refractivity contribution in [1.29, 1.82) is 0 Å². The van der Waals surface area contributed by atoms with Crippen molar-refractivity contribution < 1.29 is 4.42 Å². The fourth-order valence-corrected chi connectivity index (χ4v) is 3.10. The van der Waals surface area contributed by atoms with E-state index in [1.54, 1.807) is 17.7 Å². The van der Waals surface area contributed by atoms with Crippen LogP contribution in [0.1, 0.15) is 11.5 Å². The Morgan fingerprint density at radius 2 is 2.18 bits per heavy atom. The van der Waals surface area contributed by atoms with E-state index < -0.39 is 0 Å². The number of aryl methyl sites for hydroxylation is 2. The van der Waals surface area contributed by atoms with Crippen LogP contribution in [-0.4, -0.2) is 15.0 Å². The third-order valence-electron chi connectivity index (χ3n) is 2.42. The average Bonchev–Trinajstić information content (AvgIpc) is 2.87. The Balaban J connectivity index is 2.02. The molecule has 0 saturated heterocycles. The van der Waals surface area contributed by atoms with Gasteiger partial charge in [-0.15, -0.1) is 11.3 Å². The van der Waals surface area contributed by atoms with Crippen LogP contribution in [0, 0.1) is 13.8 Å². The summed E-state index contributed by atoms with van der Waals surface area (Å²) in [5.74, 6) is 0.850. The van der Waals surface area contributed by atoms with Gasteiger partial charge in [0.15, 0.2) is 0 Å². The van der Waals surface area contributed by atoms with Gasteiger partial charge in [0.2, 0.25) is 0 Å². The molecule has 0 bridgehead atoms. The molecule has 0 spiro atoms. The first-order valence-corrected chi connectivity index (χ1v) is 6.74. The molecule has 6 heteroatoms. The molecule has 0 aliphatic rings. The van der Waals surface area contributed by atoms with Gasteiger partial charge in [-0.2, -0.15) is 0 Å². The van der Waals surface area contributed by atoms with Crippen LogP contribution in [0.15, 0.2) is 32.4 Å². The lowest BCUT2D eigenvalue weighted by Gasteiger charge is -1.96. The van der Waals surface area contributed by atoms with Crippen molar-refractivity contribution in [2.24, 2.45) is 0 Å². The maximum absolute atomic E-state index is 5.54. The van der Waals surface area contributed by atoms with Gasteiger partial charge in [-0.05, 0) is 37.1 Å². The molecule has 0 aromatic carbocycles. The lowest BCUT2D eigenvalue weighted by molar-refractivity contribution is 0.431. The van der Waals surface area contributed by atoms with Crippen molar-refractivity contribution in [2.75, 3.05) is 0 Å². The first-order chi connectivity index (χ1) is 8.24. The highest BCUT2D eigenvalue weighted by molar-refractivity contribution is 7.99. The van der Waals surface area contributed by atoms with Gasteiger partial charge in [-0.3, -0.25) is 0 Å². The molecule has 0 atom stereocenters. The Labute approximate surface area is 106 Å². The molecule has 3 aromatic heterocycles. The first-order valence-electron chi connectivity index (χ1n) is 5.04. The van der Waals surface area contributed by atoms with Gasteiger partial charge in [-0.25, -0.2) is 15.0 Å². The zero-order chi connectivity index (χ0) is 11.8. The molecule has 0 amide bonds. The molecule has 3 rings (SSSR count). The predicted molar refractivity (Wildman–Crippen MR) is 67.5 cm³/mol. The number of oxazole rings is 1. The van der Waals surface area contributed by atoms with Crippen LogP contribution in [0.3, 0.4) is 0 Å². The van der Waals surface area contributed by atoms with Gasteiger partial charge in [0.25, 0.3) is 5.22 Å². The number of rotatable bonds is 2. The van der Waals surface area contributed by atoms with Gasteiger partial charge in [0, 0.05) is 5.39 Å². The van der Waals surface area contributed by atoms with Crippen LogP contribution >= 0.6 is 23.1 Å². The SMILES string of the molecule is Cc1nc(Sc2ncnc3sccc23)oc1C. The number of aromatic nitrogens is 3. The van der Waals surface area contributed by atoms with E-state index in [9.17, 15) is 0 Å². The zero-order valence-electron chi connectivity index (χ0n) is 9.30. The van der Waals surface area contributed by atoms with Crippen LogP contribution in [0.2, 0.25) is 0 Å². The number of hydrogen-bond acceptors (Lipinski definition) is 6. The fraction of sp³-hybridized carbons (Fsp3) is 0.182. The Kier molecular flexibility index (Phi) is 2.60. The highest BCUT2D eigenvalue weighted by Crippen LogP contribution is 2.32. The van der Waals surface area contributed by atoms with Gasteiger partial charge in [-0.1, -0.05) is 0 Å². The summed E-state index contributed by atoms with van der Waals surface area (Å²) in [4.78, 5) is 13.8. The smallest absolute Gasteiger partial charge is 0.262 e. The average molecular weight is 263 g/mol. The first kappa shape index (κ1) is 10.7. The standard InChI is InChI=1S/C11H9N3OS2/c1-6-7(2)15-11(14-6)17-10-8-3-4-16-9(8)12-5-13-10/h3-5H,1-2H3. The number of hydrogen-bond donors (Lipinski definition) is 0. The van der Waals surface area contributed by atoms with E-state index in [2.05, 4.69) is 15.0 Å². The van der Waals surface area contributed by atoms with Crippen molar-refractivity contribution in [2.45, 2.75) is 24.1 Å². The van der Waals surface area contributed by atoms with Crippen molar-refractivity contribution in [3.05, 3.63) is 29.2 Å². The fourth-order valence-electron chi connectivity index (χ4n) is 1.42. The van der Waals surface area contributed by atoms with Crippen molar-refractivity contribution >= 4 is 33.3 Å². The number of nitrogens with zero attached hydrogens (tertiary/aromatic N) is 3. The topological polar surface area (TPSA) is 51.8 Å². The molecule has 0 aliphatic carbocycles. The maximum atomic E-state index is 5.54. The molecule has 0 aliphatic heterocycles. The molecule has 0 saturated carbocycles. The van der Waals surface area contributed by atoms with Crippen LogP contribution in [-0.2, 0) is 0 Å². The summed E-state index contributed by atoms with van der Waals surface area (Å²) in [7, 11) is 0. The molecule has 17 heavy (non-hydrogen) atoms. The second kappa shape index (κ2) is 4.12. The summed E-state index contributed by atoms with van der Waals surface area (Å²) in [5.41, 5.74) is 0.920. The molecule has 0 N–H and O–H groups in total. The summed E-state index contributed by atoms with van der Waals surface area (Å²) >= 11 is 3.04. The molecular formula is C11H9N3OS2. The summed E-state index contributed by atoms with van der Waals surface area (Å²) in [6.07, 6.45) is 1.57. The highest BCUT2D eigenvalue weighted by atomic mass is 32.2. The van der Waals surface area contributed by atoms with Gasteiger partial charge < -0.3 is 4.42 Å². The number of fused-ring (bicyclic) bond motifs is 1. The zero-order valence-corrected chi connectivity index (χ0v) is 10.9. The lowest BCUT2D eigenvalue weighted by atomic mass is 10.4. The molecule has 4 nitrogen and oxygen atoms in total. The quantitative estimate of drug-likeness (QED) is 0.663. The molecule has 86 valence electrons. The van der Waals surface area contributed by atoms with E-state index >= 15 is 0 Å². The number of thiophene rings is 1. The van der Waals surface area contributed by atoms with Crippen molar-refractivity contribution in [3.63, 3.8) is 0 Å². The van der Waals surface area contributed by atoms with E-state index in [4.69, 9.17) is 4.42 Å². The molecule has 0 fully saturated rings. The van der Waals surface area contributed by atoms with E-state index in [0.717, 1.165) is 26.7 Å². The highest BCUT2D eigenvalue weighted by Gasteiger charge is 2.11. The summed E-state index contributed by atoms with van der Waals surface area (Å²) in [6, 6.07) is 2.02. The summed E-state index contributed by atoms with van der Waals surface area (Å²) in [6.45, 7) is 3.84. The predicted octanol–water partition coefficient (Wildman–Crippen LogP) is 3.45. The van der Waals surface area contributed by atoms with E-state index in [1.807, 2.05) is 25.3 Å². The molecule has 0 unspecified atom stereocenters. The van der Waals surface area contributed by atoms with Gasteiger partial charge in [0.05, 0.1) is 5.69 Å². The molecule has 3 heterocycles. The third kappa shape index (κ3) is 1.94. The minimum atomic E-state index is 0.631. The second-order valence-corrected chi connectivity index (χ2v) is 5.38. The monoisotopic (exact) mass is 263 g/mol. The lowest BCUT2D eigenvalue weighted by Crippen LogP contribution is -1.83. The van der Waals surface area contributed by atoms with Gasteiger partial charge >= 0.3 is 0 Å². The third-order valence-corrected chi connectivity index (χ3v) is 4.11. The Morgan fingerprint density at radius 1 is 1.29 bits per heavy atom. The van der Waals surface area contributed by atoms with Crippen LogP contribution in [0.4, 0.5) is 0 Å². The Bertz CT molecular complexity index is 655. The van der Waals surface area contributed by atoms with Crippen molar-refractivity contribution in [3.8, 4) is 0 Å². The Morgan fingerprint density at radius 3 is 2.94 bits per heavy atom. The van der Waals surface area contributed by atoms with E-state index in [1.165, 1.54) is 11.8 Å². The minimum Gasteiger partial charge on any atom is -0.436 e. The summed E-state index contributed by atoms with van der Waals surface area (Å²) in [5, 5.41) is 4.58. The van der Waals surface area contributed by atoms with Gasteiger partial charge in [0.1, 0.15) is 21.9 Å². The molecular weight excluding hydrogens is 254 g/mol. The summed E-state index contributed by atoms with van der Waals surface area (Å²) < 4.78 is 5.54. The Hall–Kier alpha value is -1.40. The van der Waals surface area contributed by atoms with E-state index in [-0.39, 0.29) is 0 Å². The van der Waals surface area contributed by atoms with Crippen LogP contribution < -0.4 is 0 Å². The molecule has 0 radical (unpaired) electrons. The largest absolute Gasteiger partial charge is 0.436 e. The van der Waals surface area contributed by atoms with Crippen LogP contribution in [0.25, 0.3) is 10.2 Å².